The molecule has 1 atom stereocenters. The predicted molar refractivity (Wildman–Crippen MR) is 132 cm³/mol. The van der Waals surface area contributed by atoms with Crippen LogP contribution in [0.2, 0.25) is 0 Å². The minimum absolute atomic E-state index is 0.137. The van der Waals surface area contributed by atoms with Crippen molar-refractivity contribution in [3.63, 3.8) is 0 Å². The average molecular weight is 449 g/mol. The number of rotatable bonds is 6. The van der Waals surface area contributed by atoms with Crippen molar-refractivity contribution in [2.75, 3.05) is 13.7 Å². The maximum atomic E-state index is 13.5. The lowest BCUT2D eigenvalue weighted by molar-refractivity contribution is -0.133. The van der Waals surface area contributed by atoms with Gasteiger partial charge >= 0.3 is 0 Å². The molecule has 3 heterocycles. The number of ether oxygens (including phenoxy) is 1. The number of hydrogen-bond donors (Lipinski definition) is 0. The first kappa shape index (κ1) is 23.3. The minimum atomic E-state index is 0.137. The third kappa shape index (κ3) is 4.75. The molecule has 1 unspecified atom stereocenters. The van der Waals surface area contributed by atoms with Crippen molar-refractivity contribution in [2.45, 2.75) is 78.3 Å². The largest absolute Gasteiger partial charge is 0.497 e. The van der Waals surface area contributed by atoms with Crippen molar-refractivity contribution in [1.82, 2.24) is 19.7 Å². The molecule has 0 bridgehead atoms. The van der Waals surface area contributed by atoms with Gasteiger partial charge in [-0.05, 0) is 75.8 Å². The summed E-state index contributed by atoms with van der Waals surface area (Å²) < 4.78 is 7.29. The zero-order chi connectivity index (χ0) is 23.5. The molecule has 6 heteroatoms. The molecule has 33 heavy (non-hydrogen) atoms. The number of hydrogen-bond acceptors (Lipinski definition) is 4. The number of carbonyl (C=O) groups excluding carboxylic acids is 1. The van der Waals surface area contributed by atoms with E-state index in [0.717, 1.165) is 48.3 Å². The Morgan fingerprint density at radius 1 is 1.15 bits per heavy atom. The predicted octanol–water partition coefficient (Wildman–Crippen LogP) is 5.71. The topological polar surface area (TPSA) is 60.2 Å². The molecule has 0 aliphatic carbocycles. The molecule has 1 aliphatic heterocycles. The molecule has 0 radical (unpaired) electrons. The van der Waals surface area contributed by atoms with Gasteiger partial charge in [0.15, 0.2) is 5.65 Å². The van der Waals surface area contributed by atoms with E-state index >= 15 is 0 Å². The van der Waals surface area contributed by atoms with E-state index in [1.807, 2.05) is 23.0 Å². The van der Waals surface area contributed by atoms with E-state index in [-0.39, 0.29) is 18.0 Å². The number of benzene rings is 1. The Labute approximate surface area is 197 Å². The Kier molecular flexibility index (Phi) is 7.01. The van der Waals surface area contributed by atoms with Gasteiger partial charge in [0.1, 0.15) is 5.75 Å². The number of aryl methyl sites for hydroxylation is 2. The van der Waals surface area contributed by atoms with Gasteiger partial charge in [0.2, 0.25) is 5.91 Å². The second-order valence-corrected chi connectivity index (χ2v) is 9.45. The first-order valence-electron chi connectivity index (χ1n) is 12.2. The van der Waals surface area contributed by atoms with E-state index in [1.165, 1.54) is 23.1 Å². The Balaban J connectivity index is 1.54. The highest BCUT2D eigenvalue weighted by molar-refractivity contribution is 5.81. The Morgan fingerprint density at radius 2 is 1.91 bits per heavy atom. The summed E-state index contributed by atoms with van der Waals surface area (Å²) in [7, 11) is 1.68. The lowest BCUT2D eigenvalue weighted by atomic mass is 9.98. The van der Waals surface area contributed by atoms with Crippen LogP contribution in [0, 0.1) is 13.8 Å². The van der Waals surface area contributed by atoms with E-state index in [0.29, 0.717) is 12.8 Å². The SMILES string of the molecule is COc1ccc(C2CCCCCN2C(=O)CCc2c(C)nc3c(cnn3C(C)C)c2C)cc1. The van der Waals surface area contributed by atoms with Crippen LogP contribution in [0.15, 0.2) is 30.5 Å². The van der Waals surface area contributed by atoms with E-state index in [2.05, 4.69) is 49.8 Å². The molecule has 6 nitrogen and oxygen atoms in total. The van der Waals surface area contributed by atoms with Gasteiger partial charge in [0, 0.05) is 30.1 Å². The minimum Gasteiger partial charge on any atom is -0.497 e. The lowest BCUT2D eigenvalue weighted by Crippen LogP contribution is -2.35. The summed E-state index contributed by atoms with van der Waals surface area (Å²) >= 11 is 0. The summed E-state index contributed by atoms with van der Waals surface area (Å²) in [5.74, 6) is 1.08. The van der Waals surface area contributed by atoms with E-state index < -0.39 is 0 Å². The summed E-state index contributed by atoms with van der Waals surface area (Å²) in [6.45, 7) is 9.24. The van der Waals surface area contributed by atoms with Crippen LogP contribution in [-0.4, -0.2) is 39.2 Å². The highest BCUT2D eigenvalue weighted by atomic mass is 16.5. The molecule has 176 valence electrons. The second kappa shape index (κ2) is 9.94. The van der Waals surface area contributed by atoms with E-state index in [1.54, 1.807) is 7.11 Å². The van der Waals surface area contributed by atoms with Gasteiger partial charge in [-0.15, -0.1) is 0 Å². The highest BCUT2D eigenvalue weighted by Crippen LogP contribution is 2.32. The zero-order valence-corrected chi connectivity index (χ0v) is 20.6. The number of likely N-dealkylation sites (tertiary alicyclic amines) is 1. The number of carbonyl (C=O) groups is 1. The van der Waals surface area contributed by atoms with Crippen LogP contribution in [0.1, 0.15) is 80.4 Å². The quantitative estimate of drug-likeness (QED) is 0.484. The molecule has 0 N–H and O–H groups in total. The number of methoxy groups -OCH3 is 1. The zero-order valence-electron chi connectivity index (χ0n) is 20.6. The molecule has 4 rings (SSSR count). The second-order valence-electron chi connectivity index (χ2n) is 9.45. The van der Waals surface area contributed by atoms with Crippen LogP contribution in [-0.2, 0) is 11.2 Å². The number of pyridine rings is 1. The standard InChI is InChI=1S/C27H36N4O2/c1-18(2)31-27-24(17-28-31)19(3)23(20(4)29-27)14-15-26(32)30-16-8-6-7-9-25(30)21-10-12-22(33-5)13-11-21/h10-13,17-18,25H,6-9,14-16H2,1-5H3. The van der Waals surface area contributed by atoms with Crippen LogP contribution >= 0.6 is 0 Å². The summed E-state index contributed by atoms with van der Waals surface area (Å²) in [5.41, 5.74) is 5.50. The van der Waals surface area contributed by atoms with Crippen LogP contribution in [0.3, 0.4) is 0 Å². The van der Waals surface area contributed by atoms with Gasteiger partial charge in [0.05, 0.1) is 19.3 Å². The molecular weight excluding hydrogens is 412 g/mol. The van der Waals surface area contributed by atoms with Crippen LogP contribution in [0.4, 0.5) is 0 Å². The first-order chi connectivity index (χ1) is 15.9. The maximum Gasteiger partial charge on any atom is 0.223 e. The fraction of sp³-hybridized carbons (Fsp3) is 0.519. The average Bonchev–Trinajstić information content (AvgIpc) is 3.08. The number of fused-ring (bicyclic) bond motifs is 1. The molecule has 1 aromatic carbocycles. The Bertz CT molecular complexity index is 1120. The monoisotopic (exact) mass is 448 g/mol. The third-order valence-electron chi connectivity index (χ3n) is 6.99. The lowest BCUT2D eigenvalue weighted by Gasteiger charge is -2.31. The van der Waals surface area contributed by atoms with Crippen molar-refractivity contribution in [2.24, 2.45) is 0 Å². The van der Waals surface area contributed by atoms with Crippen molar-refractivity contribution in [3.8, 4) is 5.75 Å². The van der Waals surface area contributed by atoms with Crippen molar-refractivity contribution in [1.29, 1.82) is 0 Å². The van der Waals surface area contributed by atoms with Crippen LogP contribution in [0.5, 0.6) is 5.75 Å². The number of nitrogens with zero attached hydrogens (tertiary/aromatic N) is 4. The molecule has 0 spiro atoms. The fourth-order valence-electron chi connectivity index (χ4n) is 5.09. The van der Waals surface area contributed by atoms with Gasteiger partial charge in [-0.2, -0.15) is 5.10 Å². The molecule has 3 aromatic rings. The van der Waals surface area contributed by atoms with Gasteiger partial charge in [0.25, 0.3) is 0 Å². The van der Waals surface area contributed by atoms with E-state index in [4.69, 9.17) is 9.72 Å². The molecule has 2 aromatic heterocycles. The highest BCUT2D eigenvalue weighted by Gasteiger charge is 2.27. The summed E-state index contributed by atoms with van der Waals surface area (Å²) in [6.07, 6.45) is 7.53. The number of aromatic nitrogens is 3. The summed E-state index contributed by atoms with van der Waals surface area (Å²) in [4.78, 5) is 20.5. The molecule has 0 saturated carbocycles. The van der Waals surface area contributed by atoms with Crippen LogP contribution in [0.25, 0.3) is 11.0 Å². The fourth-order valence-corrected chi connectivity index (χ4v) is 5.09. The van der Waals surface area contributed by atoms with Crippen molar-refractivity contribution in [3.05, 3.63) is 52.8 Å². The third-order valence-corrected chi connectivity index (χ3v) is 6.99. The maximum absolute atomic E-state index is 13.5. The van der Waals surface area contributed by atoms with Gasteiger partial charge in [-0.3, -0.25) is 4.79 Å². The molecule has 1 fully saturated rings. The summed E-state index contributed by atoms with van der Waals surface area (Å²) in [5, 5.41) is 5.63. The van der Waals surface area contributed by atoms with Gasteiger partial charge in [-0.1, -0.05) is 25.0 Å². The molecule has 1 amide bonds. The van der Waals surface area contributed by atoms with Crippen molar-refractivity contribution < 1.29 is 9.53 Å². The Hall–Kier alpha value is -2.89. The van der Waals surface area contributed by atoms with Gasteiger partial charge < -0.3 is 9.64 Å². The van der Waals surface area contributed by atoms with Crippen LogP contribution < -0.4 is 4.74 Å². The molecule has 1 saturated heterocycles. The number of amides is 1. The smallest absolute Gasteiger partial charge is 0.223 e. The summed E-state index contributed by atoms with van der Waals surface area (Å²) in [6, 6.07) is 8.60. The molecule has 1 aliphatic rings. The van der Waals surface area contributed by atoms with E-state index in [9.17, 15) is 4.79 Å². The normalized spacial score (nSPS) is 16.9. The van der Waals surface area contributed by atoms with Crippen molar-refractivity contribution >= 4 is 16.9 Å². The first-order valence-corrected chi connectivity index (χ1v) is 12.2. The van der Waals surface area contributed by atoms with Gasteiger partial charge in [-0.25, -0.2) is 9.67 Å². The molecular formula is C27H36N4O2. The Morgan fingerprint density at radius 3 is 2.61 bits per heavy atom.